The van der Waals surface area contributed by atoms with Gasteiger partial charge in [-0.1, -0.05) is 31.4 Å². The molecular weight excluding hydrogens is 162 g/mol. The van der Waals surface area contributed by atoms with E-state index in [1.165, 1.54) is 0 Å². The van der Waals surface area contributed by atoms with E-state index in [2.05, 4.69) is 18.1 Å². The van der Waals surface area contributed by atoms with Crippen LogP contribution in [0.3, 0.4) is 0 Å². The molecule has 1 N–H and O–H groups in total. The Morgan fingerprint density at radius 1 is 1.23 bits per heavy atom. The second-order valence-corrected chi connectivity index (χ2v) is 2.49. The monoisotopic (exact) mass is 173 g/mol. The molecule has 1 aromatic rings. The SMILES string of the molecule is C=C/C=c1/c(C=O)c[nH]/c1=C/C=C. The van der Waals surface area contributed by atoms with Gasteiger partial charge in [0.1, 0.15) is 0 Å². The topological polar surface area (TPSA) is 32.9 Å². The van der Waals surface area contributed by atoms with Gasteiger partial charge in [0.25, 0.3) is 0 Å². The maximum atomic E-state index is 10.6. The van der Waals surface area contributed by atoms with E-state index in [-0.39, 0.29) is 0 Å². The Kier molecular flexibility index (Phi) is 3.03. The fourth-order valence-corrected chi connectivity index (χ4v) is 1.12. The Morgan fingerprint density at radius 3 is 2.46 bits per heavy atom. The van der Waals surface area contributed by atoms with E-state index in [0.29, 0.717) is 5.56 Å². The zero-order valence-corrected chi connectivity index (χ0v) is 7.29. The zero-order chi connectivity index (χ0) is 9.68. The van der Waals surface area contributed by atoms with E-state index in [0.717, 1.165) is 16.9 Å². The highest BCUT2D eigenvalue weighted by Gasteiger charge is 1.94. The molecule has 13 heavy (non-hydrogen) atoms. The van der Waals surface area contributed by atoms with Gasteiger partial charge in [-0.15, -0.1) is 0 Å². The fourth-order valence-electron chi connectivity index (χ4n) is 1.12. The molecule has 0 fully saturated rings. The largest absolute Gasteiger partial charge is 0.360 e. The second kappa shape index (κ2) is 4.26. The lowest BCUT2D eigenvalue weighted by molar-refractivity contribution is 0.112. The average Bonchev–Trinajstić information content (AvgIpc) is 2.50. The summed E-state index contributed by atoms with van der Waals surface area (Å²) in [5, 5.41) is 1.72. The third-order valence-corrected chi connectivity index (χ3v) is 1.68. The molecule has 2 heteroatoms. The molecule has 0 bridgehead atoms. The summed E-state index contributed by atoms with van der Waals surface area (Å²) in [5.74, 6) is 0. The van der Waals surface area contributed by atoms with Crippen LogP contribution in [0.4, 0.5) is 0 Å². The Bertz CT molecular complexity index is 437. The van der Waals surface area contributed by atoms with Crippen molar-refractivity contribution in [3.05, 3.63) is 47.6 Å². The van der Waals surface area contributed by atoms with E-state index >= 15 is 0 Å². The summed E-state index contributed by atoms with van der Waals surface area (Å²) < 4.78 is 0. The molecule has 2 nitrogen and oxygen atoms in total. The quantitative estimate of drug-likeness (QED) is 0.672. The molecule has 0 radical (unpaired) electrons. The second-order valence-electron chi connectivity index (χ2n) is 2.49. The van der Waals surface area contributed by atoms with Crippen LogP contribution in [0, 0.1) is 0 Å². The smallest absolute Gasteiger partial charge is 0.152 e. The maximum Gasteiger partial charge on any atom is 0.152 e. The summed E-state index contributed by atoms with van der Waals surface area (Å²) in [6.45, 7) is 7.18. The normalized spacial score (nSPS) is 12.9. The van der Waals surface area contributed by atoms with E-state index in [1.807, 2.05) is 6.08 Å². The Morgan fingerprint density at radius 2 is 1.92 bits per heavy atom. The van der Waals surface area contributed by atoms with E-state index < -0.39 is 0 Å². The van der Waals surface area contributed by atoms with Crippen LogP contribution in [0.1, 0.15) is 10.4 Å². The highest BCUT2D eigenvalue weighted by Crippen LogP contribution is 1.79. The molecule has 0 aromatic carbocycles. The van der Waals surface area contributed by atoms with Gasteiger partial charge in [0, 0.05) is 22.3 Å². The standard InChI is InChI=1S/C11H11NO/c1-3-5-10-9(8-13)7-12-11(10)6-4-2/h3-8,12H,1-2H2/b10-5-,11-6+. The van der Waals surface area contributed by atoms with Gasteiger partial charge in [0.05, 0.1) is 0 Å². The number of carbonyl (C=O) groups excluding carboxylic acids is 1. The molecule has 66 valence electrons. The van der Waals surface area contributed by atoms with Crippen molar-refractivity contribution in [2.75, 3.05) is 0 Å². The lowest BCUT2D eigenvalue weighted by atomic mass is 10.2. The van der Waals surface area contributed by atoms with Crippen molar-refractivity contribution in [2.24, 2.45) is 0 Å². The molecular formula is C11H11NO. The van der Waals surface area contributed by atoms with Crippen LogP contribution in [0.5, 0.6) is 0 Å². The van der Waals surface area contributed by atoms with E-state index in [1.54, 1.807) is 24.4 Å². The van der Waals surface area contributed by atoms with Crippen molar-refractivity contribution in [1.82, 2.24) is 4.98 Å². The first-order chi connectivity index (χ1) is 6.33. The highest BCUT2D eigenvalue weighted by atomic mass is 16.1. The van der Waals surface area contributed by atoms with Gasteiger partial charge in [-0.2, -0.15) is 0 Å². The van der Waals surface area contributed by atoms with Gasteiger partial charge in [-0.05, 0) is 6.08 Å². The zero-order valence-electron chi connectivity index (χ0n) is 7.29. The van der Waals surface area contributed by atoms with Gasteiger partial charge in [0.2, 0.25) is 0 Å². The molecule has 0 saturated heterocycles. The van der Waals surface area contributed by atoms with Gasteiger partial charge in [-0.3, -0.25) is 4.79 Å². The lowest BCUT2D eigenvalue weighted by Crippen LogP contribution is -2.24. The van der Waals surface area contributed by atoms with Crippen LogP contribution in [0.2, 0.25) is 0 Å². The lowest BCUT2D eigenvalue weighted by Gasteiger charge is -1.79. The summed E-state index contributed by atoms with van der Waals surface area (Å²) in [6.07, 6.45) is 9.39. The number of hydrogen-bond donors (Lipinski definition) is 1. The first-order valence-electron chi connectivity index (χ1n) is 3.91. The predicted octanol–water partition coefficient (Wildman–Crippen LogP) is 0.760. The number of aromatic amines is 1. The predicted molar refractivity (Wildman–Crippen MR) is 54.8 cm³/mol. The number of H-pyrrole nitrogens is 1. The number of carbonyl (C=O) groups is 1. The number of aromatic nitrogens is 1. The molecule has 0 atom stereocenters. The first-order valence-corrected chi connectivity index (χ1v) is 3.91. The molecule has 0 aliphatic heterocycles. The van der Waals surface area contributed by atoms with Crippen molar-refractivity contribution < 1.29 is 4.79 Å². The van der Waals surface area contributed by atoms with Crippen LogP contribution in [0.15, 0.2) is 31.5 Å². The summed E-state index contributed by atoms with van der Waals surface area (Å²) >= 11 is 0. The first kappa shape index (κ1) is 9.26. The molecule has 0 aliphatic rings. The van der Waals surface area contributed by atoms with Crippen LogP contribution in [-0.4, -0.2) is 11.3 Å². The molecule has 1 aromatic heterocycles. The fraction of sp³-hybridized carbons (Fsp3) is 0. The molecule has 1 rings (SSSR count). The van der Waals surface area contributed by atoms with Crippen molar-refractivity contribution in [3.8, 4) is 0 Å². The summed E-state index contributed by atoms with van der Waals surface area (Å²) in [4.78, 5) is 13.6. The average molecular weight is 173 g/mol. The van der Waals surface area contributed by atoms with Crippen molar-refractivity contribution >= 4 is 18.4 Å². The molecule has 0 aliphatic carbocycles. The Labute approximate surface area is 76.6 Å². The van der Waals surface area contributed by atoms with Crippen molar-refractivity contribution in [2.45, 2.75) is 0 Å². The van der Waals surface area contributed by atoms with Crippen LogP contribution < -0.4 is 10.6 Å². The molecule has 1 heterocycles. The van der Waals surface area contributed by atoms with Gasteiger partial charge in [-0.25, -0.2) is 0 Å². The summed E-state index contributed by atoms with van der Waals surface area (Å²) in [6, 6.07) is 0. The third kappa shape index (κ3) is 1.85. The molecule has 0 spiro atoms. The highest BCUT2D eigenvalue weighted by molar-refractivity contribution is 5.76. The minimum atomic E-state index is 0.632. The number of aldehydes is 1. The van der Waals surface area contributed by atoms with Crippen LogP contribution >= 0.6 is 0 Å². The summed E-state index contributed by atoms with van der Waals surface area (Å²) in [7, 11) is 0. The molecule has 0 unspecified atom stereocenters. The Balaban J connectivity index is 3.57. The van der Waals surface area contributed by atoms with Gasteiger partial charge < -0.3 is 4.98 Å². The minimum absolute atomic E-state index is 0.632. The summed E-state index contributed by atoms with van der Waals surface area (Å²) in [5.41, 5.74) is 0.632. The van der Waals surface area contributed by atoms with Gasteiger partial charge >= 0.3 is 0 Å². The van der Waals surface area contributed by atoms with Crippen LogP contribution in [-0.2, 0) is 0 Å². The Hall–Kier alpha value is -1.83. The molecule has 0 amide bonds. The number of allylic oxidation sites excluding steroid dienone is 2. The van der Waals surface area contributed by atoms with Crippen molar-refractivity contribution in [1.29, 1.82) is 0 Å². The maximum absolute atomic E-state index is 10.6. The van der Waals surface area contributed by atoms with E-state index in [9.17, 15) is 4.79 Å². The molecule has 0 saturated carbocycles. The van der Waals surface area contributed by atoms with Gasteiger partial charge in [0.15, 0.2) is 6.29 Å². The number of rotatable bonds is 3. The number of hydrogen-bond acceptors (Lipinski definition) is 1. The minimum Gasteiger partial charge on any atom is -0.360 e. The van der Waals surface area contributed by atoms with Crippen molar-refractivity contribution in [3.63, 3.8) is 0 Å². The van der Waals surface area contributed by atoms with Crippen LogP contribution in [0.25, 0.3) is 12.2 Å². The number of nitrogens with one attached hydrogen (secondary N) is 1. The van der Waals surface area contributed by atoms with E-state index in [4.69, 9.17) is 0 Å². The third-order valence-electron chi connectivity index (χ3n) is 1.68.